The number of nitrogens with zero attached hydrogens (tertiary/aromatic N) is 1. The van der Waals surface area contributed by atoms with E-state index in [-0.39, 0.29) is 11.3 Å². The van der Waals surface area contributed by atoms with Crippen LogP contribution in [0.1, 0.15) is 66.9 Å². The first-order valence-electron chi connectivity index (χ1n) is 12.2. The largest absolute Gasteiger partial charge is 0.494 e. The topological polar surface area (TPSA) is 50.7 Å². The number of carbonyl (C=O) groups is 1. The fourth-order valence-electron chi connectivity index (χ4n) is 4.37. The zero-order valence-electron chi connectivity index (χ0n) is 20.9. The Morgan fingerprint density at radius 3 is 2.54 bits per heavy atom. The van der Waals surface area contributed by atoms with Crippen LogP contribution in [0.4, 0.5) is 10.7 Å². The van der Waals surface area contributed by atoms with Gasteiger partial charge in [0.2, 0.25) is 0 Å². The van der Waals surface area contributed by atoms with E-state index in [0.717, 1.165) is 53.2 Å². The lowest BCUT2D eigenvalue weighted by molar-refractivity contribution is 0.102. The summed E-state index contributed by atoms with van der Waals surface area (Å²) in [6.07, 6.45) is 5.78. The molecule has 6 heteroatoms. The highest BCUT2D eigenvalue weighted by molar-refractivity contribution is 7.16. The molecule has 35 heavy (non-hydrogen) atoms. The predicted octanol–water partition coefficient (Wildman–Crippen LogP) is 8.34. The summed E-state index contributed by atoms with van der Waals surface area (Å²) < 4.78 is 5.68. The number of fused-ring (bicyclic) bond motifs is 1. The van der Waals surface area contributed by atoms with E-state index in [4.69, 9.17) is 21.3 Å². The number of rotatable bonds is 7. The summed E-state index contributed by atoms with van der Waals surface area (Å²) in [6.45, 7) is 9.70. The van der Waals surface area contributed by atoms with Gasteiger partial charge in [-0.05, 0) is 96.7 Å². The van der Waals surface area contributed by atoms with Gasteiger partial charge < -0.3 is 10.1 Å². The van der Waals surface area contributed by atoms with E-state index in [9.17, 15) is 4.79 Å². The monoisotopic (exact) mass is 508 g/mol. The molecule has 0 aliphatic heterocycles. The van der Waals surface area contributed by atoms with E-state index in [1.165, 1.54) is 4.88 Å². The van der Waals surface area contributed by atoms with Crippen LogP contribution in [-0.2, 0) is 12.8 Å². The van der Waals surface area contributed by atoms with Gasteiger partial charge in [-0.15, -0.1) is 11.3 Å². The van der Waals surface area contributed by atoms with Crippen LogP contribution in [0.3, 0.4) is 0 Å². The average Bonchev–Trinajstić information content (AvgIpc) is 3.21. The van der Waals surface area contributed by atoms with Crippen molar-refractivity contribution in [2.45, 2.75) is 53.4 Å². The van der Waals surface area contributed by atoms with Gasteiger partial charge >= 0.3 is 0 Å². The van der Waals surface area contributed by atoms with Crippen molar-refractivity contribution in [3.05, 3.63) is 75.1 Å². The third kappa shape index (κ3) is 6.33. The number of carbonyl (C=O) groups excluding carboxylic acids is 1. The molecule has 1 atom stereocenters. The lowest BCUT2D eigenvalue weighted by atomic mass is 9.72. The summed E-state index contributed by atoms with van der Waals surface area (Å²) in [4.78, 5) is 19.6. The fraction of sp³-hybridized carbons (Fsp3) is 0.379. The van der Waals surface area contributed by atoms with Crippen LogP contribution in [-0.4, -0.2) is 18.7 Å². The van der Waals surface area contributed by atoms with Crippen LogP contribution in [0.2, 0.25) is 5.02 Å². The van der Waals surface area contributed by atoms with Gasteiger partial charge in [-0.1, -0.05) is 39.3 Å². The fourth-order valence-corrected chi connectivity index (χ4v) is 5.76. The van der Waals surface area contributed by atoms with Crippen molar-refractivity contribution in [2.24, 2.45) is 16.3 Å². The smallest absolute Gasteiger partial charge is 0.259 e. The Balaban J connectivity index is 1.63. The minimum absolute atomic E-state index is 0.116. The van der Waals surface area contributed by atoms with Gasteiger partial charge in [0.05, 0.1) is 12.2 Å². The van der Waals surface area contributed by atoms with Crippen molar-refractivity contribution in [3.8, 4) is 5.75 Å². The first-order chi connectivity index (χ1) is 16.7. The number of hydrogen-bond acceptors (Lipinski definition) is 4. The minimum atomic E-state index is -0.116. The minimum Gasteiger partial charge on any atom is -0.494 e. The quantitative estimate of drug-likeness (QED) is 0.326. The van der Waals surface area contributed by atoms with Crippen LogP contribution in [0.15, 0.2) is 53.5 Å². The number of ether oxygens (including phenoxy) is 1. The number of amides is 1. The Bertz CT molecular complexity index is 1190. The number of thiophene rings is 1. The SMILES string of the molecule is CCCOc1ccc(C=Nc2sc3c(c2C(=O)Nc2ccc(Cl)cc2)CC[C@@H](C(C)(C)C)C3)cc1. The molecule has 4 rings (SSSR count). The second kappa shape index (κ2) is 11.0. The van der Waals surface area contributed by atoms with E-state index in [1.54, 1.807) is 23.5 Å². The number of aliphatic imine (C=N–C) groups is 1. The molecule has 1 amide bonds. The van der Waals surface area contributed by atoms with Crippen LogP contribution in [0.25, 0.3) is 0 Å². The van der Waals surface area contributed by atoms with Crippen LogP contribution >= 0.6 is 22.9 Å². The molecule has 0 saturated carbocycles. The maximum absolute atomic E-state index is 13.5. The molecule has 2 aromatic carbocycles. The molecule has 1 heterocycles. The van der Waals surface area contributed by atoms with E-state index in [0.29, 0.717) is 23.1 Å². The van der Waals surface area contributed by atoms with Gasteiger partial charge in [0.25, 0.3) is 5.91 Å². The van der Waals surface area contributed by atoms with Crippen LogP contribution < -0.4 is 10.1 Å². The highest BCUT2D eigenvalue weighted by atomic mass is 35.5. The van der Waals surface area contributed by atoms with Crippen molar-refractivity contribution in [2.75, 3.05) is 11.9 Å². The van der Waals surface area contributed by atoms with Gasteiger partial charge in [-0.25, -0.2) is 4.99 Å². The molecule has 4 nitrogen and oxygen atoms in total. The zero-order valence-corrected chi connectivity index (χ0v) is 22.4. The average molecular weight is 509 g/mol. The molecule has 184 valence electrons. The highest BCUT2D eigenvalue weighted by Crippen LogP contribution is 2.45. The third-order valence-electron chi connectivity index (χ3n) is 6.48. The molecule has 3 aromatic rings. The summed E-state index contributed by atoms with van der Waals surface area (Å²) in [5.41, 5.74) is 3.78. The molecular weight excluding hydrogens is 476 g/mol. The normalized spacial score (nSPS) is 15.7. The first kappa shape index (κ1) is 25.5. The molecule has 0 saturated heterocycles. The number of halogens is 1. The van der Waals surface area contributed by atoms with Gasteiger partial charge in [-0.3, -0.25) is 4.79 Å². The molecule has 1 aliphatic carbocycles. The summed E-state index contributed by atoms with van der Waals surface area (Å²) in [5, 5.41) is 4.45. The molecule has 1 aliphatic rings. The van der Waals surface area contributed by atoms with Gasteiger partial charge in [0.1, 0.15) is 10.8 Å². The molecule has 1 aromatic heterocycles. The first-order valence-corrected chi connectivity index (χ1v) is 13.4. The Morgan fingerprint density at radius 1 is 1.17 bits per heavy atom. The second-order valence-electron chi connectivity index (χ2n) is 10.1. The van der Waals surface area contributed by atoms with Gasteiger partial charge in [0, 0.05) is 21.8 Å². The third-order valence-corrected chi connectivity index (χ3v) is 7.90. The summed E-state index contributed by atoms with van der Waals surface area (Å²) >= 11 is 7.67. The number of benzene rings is 2. The molecule has 0 bridgehead atoms. The Morgan fingerprint density at radius 2 is 1.89 bits per heavy atom. The van der Waals surface area contributed by atoms with E-state index in [2.05, 4.69) is 33.0 Å². The number of hydrogen-bond donors (Lipinski definition) is 1. The standard InChI is InChI=1S/C29H33ClN2O2S/c1-5-16-34-23-13-6-19(7-14-23)18-31-28-26(27(33)32-22-11-9-21(30)10-12-22)24-15-8-20(29(2,3)4)17-25(24)35-28/h6-7,9-14,18,20H,5,8,15-17H2,1-4H3,(H,32,33)/t20-/m1/s1. The van der Waals surface area contributed by atoms with Gasteiger partial charge in [0.15, 0.2) is 0 Å². The molecule has 1 N–H and O–H groups in total. The highest BCUT2D eigenvalue weighted by Gasteiger charge is 2.33. The number of nitrogens with one attached hydrogen (secondary N) is 1. The van der Waals surface area contributed by atoms with Crippen molar-refractivity contribution >= 4 is 45.7 Å². The molecule has 0 fully saturated rings. The van der Waals surface area contributed by atoms with E-state index < -0.39 is 0 Å². The van der Waals surface area contributed by atoms with Crippen molar-refractivity contribution in [1.82, 2.24) is 0 Å². The van der Waals surface area contributed by atoms with Crippen LogP contribution in [0, 0.1) is 11.3 Å². The van der Waals surface area contributed by atoms with E-state index in [1.807, 2.05) is 42.6 Å². The molecular formula is C29H33ClN2O2S. The predicted molar refractivity (Wildman–Crippen MR) is 148 cm³/mol. The van der Waals surface area contributed by atoms with Crippen molar-refractivity contribution in [3.63, 3.8) is 0 Å². The summed E-state index contributed by atoms with van der Waals surface area (Å²) in [5.74, 6) is 1.33. The Labute approximate surface area is 217 Å². The molecule has 0 spiro atoms. The Hall–Kier alpha value is -2.63. The summed E-state index contributed by atoms with van der Waals surface area (Å²) in [7, 11) is 0. The molecule has 0 radical (unpaired) electrons. The van der Waals surface area contributed by atoms with Crippen molar-refractivity contribution in [1.29, 1.82) is 0 Å². The lowest BCUT2D eigenvalue weighted by Gasteiger charge is -2.33. The maximum atomic E-state index is 13.5. The summed E-state index contributed by atoms with van der Waals surface area (Å²) in [6, 6.07) is 15.1. The lowest BCUT2D eigenvalue weighted by Crippen LogP contribution is -2.27. The van der Waals surface area contributed by atoms with Crippen molar-refractivity contribution < 1.29 is 9.53 Å². The molecule has 0 unspecified atom stereocenters. The maximum Gasteiger partial charge on any atom is 0.259 e. The van der Waals surface area contributed by atoms with Crippen LogP contribution in [0.5, 0.6) is 5.75 Å². The Kier molecular flexibility index (Phi) is 7.98. The zero-order chi connectivity index (χ0) is 25.0. The second-order valence-corrected chi connectivity index (χ2v) is 11.6. The number of anilines is 1. The van der Waals surface area contributed by atoms with Gasteiger partial charge in [-0.2, -0.15) is 0 Å². The van der Waals surface area contributed by atoms with E-state index >= 15 is 0 Å².